The average molecular weight is 362 g/mol. The summed E-state index contributed by atoms with van der Waals surface area (Å²) in [6, 6.07) is 4.27. The van der Waals surface area contributed by atoms with E-state index in [0.29, 0.717) is 24.3 Å². The first-order chi connectivity index (χ1) is 13.6. The van der Waals surface area contributed by atoms with Gasteiger partial charge in [-0.25, -0.2) is 23.3 Å². The molecule has 1 saturated heterocycles. The number of carbonyl (C=O) groups is 1. The van der Waals surface area contributed by atoms with Gasteiger partial charge in [0.05, 0.1) is 0 Å². The number of likely N-dealkylation sites (tertiary alicyclic amines) is 1. The highest BCUT2D eigenvalue weighted by atomic mass is 32.2. The number of nitrogens with two attached hydrogens (primary N) is 1. The van der Waals surface area contributed by atoms with E-state index in [9.17, 15) is 18.3 Å². The Morgan fingerprint density at radius 3 is 2.92 bits per heavy atom. The summed E-state index contributed by atoms with van der Waals surface area (Å²) < 4.78 is 69.1. The van der Waals surface area contributed by atoms with Crippen molar-refractivity contribution in [3.8, 4) is 0 Å². The van der Waals surface area contributed by atoms with Crippen LogP contribution in [0.25, 0.3) is 0 Å². The van der Waals surface area contributed by atoms with E-state index in [4.69, 9.17) is 13.4 Å². The van der Waals surface area contributed by atoms with Crippen LogP contribution in [-0.2, 0) is 10.0 Å². The molecule has 0 bridgehead atoms. The van der Waals surface area contributed by atoms with Crippen molar-refractivity contribution in [3.05, 3.63) is 18.2 Å². The monoisotopic (exact) mass is 362 g/mol. The number of hydrogen-bond donors (Lipinski definition) is 3. The zero-order chi connectivity index (χ0) is 23.0. The third kappa shape index (κ3) is 4.57. The van der Waals surface area contributed by atoms with Crippen molar-refractivity contribution in [1.82, 2.24) is 9.88 Å². The molecule has 0 aromatic carbocycles. The minimum atomic E-state index is -3.94. The molecule has 1 atom stereocenters. The average Bonchev–Trinajstić information content (AvgIpc) is 2.99. The molecule has 1 unspecified atom stereocenters. The maximum absolute atomic E-state index is 11.6. The van der Waals surface area contributed by atoms with E-state index in [0.717, 1.165) is 0 Å². The first kappa shape index (κ1) is 11.6. The molecule has 1 aliphatic rings. The number of anilines is 1. The number of pyridine rings is 1. The number of rotatable bonds is 6. The van der Waals surface area contributed by atoms with Gasteiger partial charge >= 0.3 is 6.09 Å². The Labute approximate surface area is 150 Å². The van der Waals surface area contributed by atoms with Crippen LogP contribution in [0.5, 0.6) is 0 Å². The van der Waals surface area contributed by atoms with Crippen LogP contribution in [-0.4, -0.2) is 48.1 Å². The lowest BCUT2D eigenvalue weighted by Gasteiger charge is -2.28. The molecular weight excluding hydrogens is 332 g/mol. The quantitative estimate of drug-likeness (QED) is 0.661. The molecule has 2 heterocycles. The number of sulfonamides is 1. The van der Waals surface area contributed by atoms with Crippen molar-refractivity contribution in [2.24, 2.45) is 11.1 Å². The summed E-state index contributed by atoms with van der Waals surface area (Å²) >= 11 is 0. The second-order valence-corrected chi connectivity index (χ2v) is 7.31. The van der Waals surface area contributed by atoms with E-state index in [1.54, 1.807) is 6.07 Å². The number of amides is 1. The lowest BCUT2D eigenvalue weighted by Crippen LogP contribution is -2.41. The van der Waals surface area contributed by atoms with E-state index in [2.05, 4.69) is 10.3 Å². The zero-order valence-corrected chi connectivity index (χ0v) is 13.7. The Morgan fingerprint density at radius 1 is 1.58 bits per heavy atom. The molecule has 24 heavy (non-hydrogen) atoms. The van der Waals surface area contributed by atoms with Gasteiger partial charge in [0.25, 0.3) is 10.0 Å². The van der Waals surface area contributed by atoms with Crippen LogP contribution in [0.15, 0.2) is 23.2 Å². The Bertz CT molecular complexity index is 876. The van der Waals surface area contributed by atoms with E-state index in [-0.39, 0.29) is 23.8 Å². The van der Waals surface area contributed by atoms with Crippen LogP contribution >= 0.6 is 0 Å². The summed E-state index contributed by atoms with van der Waals surface area (Å²) in [7, 11) is -3.94. The molecule has 4 N–H and O–H groups in total. The molecule has 1 fully saturated rings. The van der Waals surface area contributed by atoms with Gasteiger partial charge in [-0.15, -0.1) is 0 Å². The van der Waals surface area contributed by atoms with Gasteiger partial charge in [-0.05, 0) is 51.0 Å². The topological polar surface area (TPSA) is 126 Å². The molecule has 0 saturated carbocycles. The van der Waals surface area contributed by atoms with Crippen LogP contribution in [0, 0.1) is 5.92 Å². The van der Waals surface area contributed by atoms with Crippen LogP contribution in [0.3, 0.4) is 0 Å². The Morgan fingerprint density at radius 2 is 2.33 bits per heavy atom. The van der Waals surface area contributed by atoms with Crippen molar-refractivity contribution in [2.45, 2.75) is 43.5 Å². The number of primary sulfonamides is 1. The van der Waals surface area contributed by atoms with Crippen molar-refractivity contribution in [3.63, 3.8) is 0 Å². The highest BCUT2D eigenvalue weighted by Gasteiger charge is 2.40. The maximum Gasteiger partial charge on any atom is 0.407 e. The van der Waals surface area contributed by atoms with E-state index < -0.39 is 41.3 Å². The molecule has 1 aromatic rings. The second kappa shape index (κ2) is 6.94. The molecular formula is C15H24N4O4S. The van der Waals surface area contributed by atoms with Gasteiger partial charge in [-0.1, -0.05) is 6.07 Å². The summed E-state index contributed by atoms with van der Waals surface area (Å²) in [6.07, 6.45) is -1.05. The largest absolute Gasteiger partial charge is 0.465 e. The molecule has 0 spiro atoms. The van der Waals surface area contributed by atoms with Gasteiger partial charge in [0.1, 0.15) is 5.82 Å². The maximum atomic E-state index is 11.6. The third-order valence-corrected chi connectivity index (χ3v) is 4.64. The first-order valence-electron chi connectivity index (χ1n) is 10.3. The second-order valence-electron chi connectivity index (χ2n) is 5.80. The highest BCUT2D eigenvalue weighted by Crippen LogP contribution is 2.34. The molecule has 9 heteroatoms. The van der Waals surface area contributed by atoms with Gasteiger partial charge < -0.3 is 15.3 Å². The smallest absolute Gasteiger partial charge is 0.407 e. The molecule has 1 amide bonds. The van der Waals surface area contributed by atoms with Crippen molar-refractivity contribution in [2.75, 3.05) is 18.4 Å². The van der Waals surface area contributed by atoms with E-state index in [1.807, 2.05) is 0 Å². The summed E-state index contributed by atoms with van der Waals surface area (Å²) in [5.74, 6) is -0.174. The number of nitrogens with one attached hydrogen (secondary N) is 1. The normalized spacial score (nSPS) is 24.9. The van der Waals surface area contributed by atoms with Gasteiger partial charge in [0.2, 0.25) is 0 Å². The predicted octanol–water partition coefficient (Wildman–Crippen LogP) is 1.70. The third-order valence-electron chi connectivity index (χ3n) is 3.83. The predicted molar refractivity (Wildman–Crippen MR) is 90.3 cm³/mol. The van der Waals surface area contributed by atoms with E-state index in [1.165, 1.54) is 12.1 Å². The number of carboxylic acid groups (broad SMARTS) is 1. The van der Waals surface area contributed by atoms with Gasteiger partial charge in [-0.2, -0.15) is 0 Å². The van der Waals surface area contributed by atoms with Crippen molar-refractivity contribution >= 4 is 21.9 Å². The van der Waals surface area contributed by atoms with Crippen LogP contribution in [0.4, 0.5) is 10.6 Å². The fourth-order valence-electron chi connectivity index (χ4n) is 2.72. The SMILES string of the molecule is [2H]C([2H])([2H])C1(C([2H])([2H])[2H])CC(CCCNc2cccc(S(N)(=O)=O)n2)CN1C(=O)O. The standard InChI is InChI=1S/C15H24N4O4S/c1-15(2)9-11(10-19(15)14(20)21)5-4-8-17-12-6-3-7-13(18-12)24(16,22)23/h3,6-7,11H,4-5,8-10H2,1-2H3,(H,17,18)(H,20,21)(H2,16,22,23)/i1D3,2D3. The van der Waals surface area contributed by atoms with E-state index >= 15 is 0 Å². The summed E-state index contributed by atoms with van der Waals surface area (Å²) in [4.78, 5) is 16.1. The molecule has 0 aliphatic carbocycles. The summed E-state index contributed by atoms with van der Waals surface area (Å²) in [6.45, 7) is -5.88. The zero-order valence-electron chi connectivity index (χ0n) is 18.9. The van der Waals surface area contributed by atoms with Crippen LogP contribution in [0.1, 0.15) is 41.2 Å². The van der Waals surface area contributed by atoms with Crippen molar-refractivity contribution in [1.29, 1.82) is 0 Å². The Hall–Kier alpha value is -1.87. The number of aromatic nitrogens is 1. The summed E-state index contributed by atoms with van der Waals surface area (Å²) in [5, 5.41) is 17.1. The lowest BCUT2D eigenvalue weighted by atomic mass is 9.93. The Kier molecular flexibility index (Phi) is 3.37. The fraction of sp³-hybridized carbons (Fsp3) is 0.600. The molecule has 2 rings (SSSR count). The minimum Gasteiger partial charge on any atom is -0.465 e. The van der Waals surface area contributed by atoms with Crippen molar-refractivity contribution < 1.29 is 26.5 Å². The van der Waals surface area contributed by atoms with Gasteiger partial charge in [0.15, 0.2) is 5.03 Å². The van der Waals surface area contributed by atoms with Crippen LogP contribution < -0.4 is 10.5 Å². The number of nitrogens with zero attached hydrogens (tertiary/aromatic N) is 2. The Balaban J connectivity index is 2.05. The van der Waals surface area contributed by atoms with Gasteiger partial charge in [-0.3, -0.25) is 0 Å². The highest BCUT2D eigenvalue weighted by molar-refractivity contribution is 7.89. The minimum absolute atomic E-state index is 0.189. The molecule has 8 nitrogen and oxygen atoms in total. The molecule has 0 radical (unpaired) electrons. The van der Waals surface area contributed by atoms with Gasteiger partial charge in [0, 0.05) is 26.9 Å². The molecule has 1 aromatic heterocycles. The lowest BCUT2D eigenvalue weighted by molar-refractivity contribution is 0.117. The molecule has 134 valence electrons. The molecule has 1 aliphatic heterocycles. The number of hydrogen-bond acceptors (Lipinski definition) is 5. The first-order valence-corrected chi connectivity index (χ1v) is 8.88. The fourth-order valence-corrected chi connectivity index (χ4v) is 3.21. The van der Waals surface area contributed by atoms with Crippen LogP contribution in [0.2, 0.25) is 0 Å². The summed E-state index contributed by atoms with van der Waals surface area (Å²) in [5.41, 5.74) is -2.45.